The second-order valence-electron chi connectivity index (χ2n) is 3.92. The Labute approximate surface area is 83.6 Å². The zero-order valence-electron chi connectivity index (χ0n) is 8.40. The van der Waals surface area contributed by atoms with E-state index in [4.69, 9.17) is 10.8 Å². The van der Waals surface area contributed by atoms with E-state index in [-0.39, 0.29) is 0 Å². The van der Waals surface area contributed by atoms with Crippen LogP contribution < -0.4 is 5.73 Å². The van der Waals surface area contributed by atoms with Crippen molar-refractivity contribution in [3.05, 3.63) is 35.9 Å². The summed E-state index contributed by atoms with van der Waals surface area (Å²) in [5.41, 5.74) is 5.80. The van der Waals surface area contributed by atoms with Crippen LogP contribution in [0.2, 0.25) is 0 Å². The van der Waals surface area contributed by atoms with E-state index in [0.717, 1.165) is 5.56 Å². The Balaban J connectivity index is 2.96. The summed E-state index contributed by atoms with van der Waals surface area (Å²) in [5.74, 6) is -0.881. The van der Waals surface area contributed by atoms with Gasteiger partial charge in [0, 0.05) is 6.04 Å². The Morgan fingerprint density at radius 3 is 2.29 bits per heavy atom. The number of nitrogens with two attached hydrogens (primary N) is 1. The molecule has 0 aliphatic rings. The normalized spacial score (nSPS) is 13.6. The third-order valence-electron chi connectivity index (χ3n) is 2.49. The second-order valence-corrected chi connectivity index (χ2v) is 3.92. The topological polar surface area (TPSA) is 63.3 Å². The molecule has 1 rings (SSSR count). The summed E-state index contributed by atoms with van der Waals surface area (Å²) in [4.78, 5) is 11.0. The summed E-state index contributed by atoms with van der Waals surface area (Å²) in [5, 5.41) is 8.99. The minimum absolute atomic E-state index is 0.485. The van der Waals surface area contributed by atoms with E-state index in [1.807, 2.05) is 30.3 Å². The van der Waals surface area contributed by atoms with Crippen molar-refractivity contribution in [2.45, 2.75) is 19.9 Å². The van der Waals surface area contributed by atoms with Crippen LogP contribution in [0.1, 0.15) is 25.5 Å². The molecule has 0 saturated carbocycles. The van der Waals surface area contributed by atoms with Crippen molar-refractivity contribution in [1.29, 1.82) is 0 Å². The average molecular weight is 193 g/mol. The van der Waals surface area contributed by atoms with E-state index < -0.39 is 17.4 Å². The number of rotatable bonds is 3. The van der Waals surface area contributed by atoms with Crippen LogP contribution in [0.5, 0.6) is 0 Å². The van der Waals surface area contributed by atoms with Gasteiger partial charge in [0.15, 0.2) is 0 Å². The van der Waals surface area contributed by atoms with Crippen LogP contribution in [0.3, 0.4) is 0 Å². The van der Waals surface area contributed by atoms with Crippen molar-refractivity contribution in [3.8, 4) is 0 Å². The highest BCUT2D eigenvalue weighted by Gasteiger charge is 2.35. The van der Waals surface area contributed by atoms with Gasteiger partial charge in [-0.3, -0.25) is 4.79 Å². The molecule has 0 spiro atoms. The maximum atomic E-state index is 11.0. The number of aliphatic carboxylic acids is 1. The molecule has 76 valence electrons. The Kier molecular flexibility index (Phi) is 2.91. The van der Waals surface area contributed by atoms with E-state index in [9.17, 15) is 4.79 Å². The average Bonchev–Trinajstić information content (AvgIpc) is 2.17. The fraction of sp³-hybridized carbons (Fsp3) is 0.364. The lowest BCUT2D eigenvalue weighted by Crippen LogP contribution is -2.36. The molecule has 14 heavy (non-hydrogen) atoms. The number of hydrogen-bond donors (Lipinski definition) is 2. The fourth-order valence-corrected chi connectivity index (χ4v) is 1.21. The molecule has 1 aromatic carbocycles. The minimum atomic E-state index is -0.943. The molecule has 0 fully saturated rings. The van der Waals surface area contributed by atoms with Crippen LogP contribution in [0.15, 0.2) is 30.3 Å². The molecule has 3 N–H and O–H groups in total. The number of carboxylic acid groups (broad SMARTS) is 1. The Morgan fingerprint density at radius 1 is 1.36 bits per heavy atom. The van der Waals surface area contributed by atoms with Gasteiger partial charge in [0.25, 0.3) is 0 Å². The lowest BCUT2D eigenvalue weighted by molar-refractivity contribution is -0.148. The van der Waals surface area contributed by atoms with Gasteiger partial charge in [0.1, 0.15) is 0 Å². The van der Waals surface area contributed by atoms with Gasteiger partial charge in [-0.05, 0) is 19.4 Å². The molecule has 3 heteroatoms. The molecule has 0 radical (unpaired) electrons. The molecule has 0 aliphatic carbocycles. The molecule has 1 atom stereocenters. The minimum Gasteiger partial charge on any atom is -0.481 e. The highest BCUT2D eigenvalue weighted by Crippen LogP contribution is 2.31. The van der Waals surface area contributed by atoms with Gasteiger partial charge < -0.3 is 10.8 Å². The highest BCUT2D eigenvalue weighted by molar-refractivity contribution is 5.75. The monoisotopic (exact) mass is 193 g/mol. The number of carbonyl (C=O) groups is 1. The molecule has 0 bridgehead atoms. The van der Waals surface area contributed by atoms with Gasteiger partial charge in [-0.25, -0.2) is 0 Å². The highest BCUT2D eigenvalue weighted by atomic mass is 16.4. The van der Waals surface area contributed by atoms with Gasteiger partial charge >= 0.3 is 5.97 Å². The Bertz CT molecular complexity index is 319. The largest absolute Gasteiger partial charge is 0.481 e. The smallest absolute Gasteiger partial charge is 0.311 e. The quantitative estimate of drug-likeness (QED) is 0.769. The van der Waals surface area contributed by atoms with Crippen LogP contribution in [-0.4, -0.2) is 11.1 Å². The lowest BCUT2D eigenvalue weighted by atomic mass is 9.81. The van der Waals surface area contributed by atoms with Crippen LogP contribution in [0.4, 0.5) is 0 Å². The molecule has 0 amide bonds. The number of benzene rings is 1. The van der Waals surface area contributed by atoms with Crippen LogP contribution in [-0.2, 0) is 4.79 Å². The predicted molar refractivity (Wildman–Crippen MR) is 54.8 cm³/mol. The first kappa shape index (κ1) is 10.7. The Morgan fingerprint density at radius 2 is 1.86 bits per heavy atom. The molecular formula is C11H15NO2. The molecule has 1 unspecified atom stereocenters. The van der Waals surface area contributed by atoms with Gasteiger partial charge in [-0.2, -0.15) is 0 Å². The van der Waals surface area contributed by atoms with Crippen LogP contribution >= 0.6 is 0 Å². The summed E-state index contributed by atoms with van der Waals surface area (Å²) < 4.78 is 0. The maximum Gasteiger partial charge on any atom is 0.311 e. The van der Waals surface area contributed by atoms with Gasteiger partial charge in [-0.1, -0.05) is 30.3 Å². The van der Waals surface area contributed by atoms with Crippen molar-refractivity contribution in [2.24, 2.45) is 11.1 Å². The number of carboxylic acids is 1. The van der Waals surface area contributed by atoms with Gasteiger partial charge in [0.05, 0.1) is 5.41 Å². The second kappa shape index (κ2) is 3.80. The maximum absolute atomic E-state index is 11.0. The van der Waals surface area contributed by atoms with E-state index >= 15 is 0 Å². The van der Waals surface area contributed by atoms with Crippen molar-refractivity contribution >= 4 is 5.97 Å². The van der Waals surface area contributed by atoms with E-state index in [1.54, 1.807) is 13.8 Å². The zero-order valence-corrected chi connectivity index (χ0v) is 8.40. The van der Waals surface area contributed by atoms with Gasteiger partial charge in [0.2, 0.25) is 0 Å². The SMILES string of the molecule is CC(C)(C(=O)O)C(N)c1ccccc1. The van der Waals surface area contributed by atoms with Crippen molar-refractivity contribution in [1.82, 2.24) is 0 Å². The van der Waals surface area contributed by atoms with Crippen LogP contribution in [0.25, 0.3) is 0 Å². The third-order valence-corrected chi connectivity index (χ3v) is 2.49. The Hall–Kier alpha value is -1.35. The lowest BCUT2D eigenvalue weighted by Gasteiger charge is -2.27. The summed E-state index contributed by atoms with van der Waals surface area (Å²) >= 11 is 0. The first-order valence-corrected chi connectivity index (χ1v) is 4.50. The standard InChI is InChI=1S/C11H15NO2/c1-11(2,10(13)14)9(12)8-6-4-3-5-7-8/h3-7,9H,12H2,1-2H3,(H,13,14). The fourth-order valence-electron chi connectivity index (χ4n) is 1.21. The molecule has 1 aromatic rings. The van der Waals surface area contributed by atoms with E-state index in [2.05, 4.69) is 0 Å². The molecule has 0 aromatic heterocycles. The molecule has 0 saturated heterocycles. The summed E-state index contributed by atoms with van der Waals surface area (Å²) in [6.45, 7) is 3.26. The van der Waals surface area contributed by atoms with Crippen LogP contribution in [0, 0.1) is 5.41 Å². The van der Waals surface area contributed by atoms with Crippen molar-refractivity contribution in [2.75, 3.05) is 0 Å². The first-order chi connectivity index (χ1) is 6.46. The van der Waals surface area contributed by atoms with Crippen molar-refractivity contribution in [3.63, 3.8) is 0 Å². The first-order valence-electron chi connectivity index (χ1n) is 4.50. The van der Waals surface area contributed by atoms with Crippen molar-refractivity contribution < 1.29 is 9.90 Å². The van der Waals surface area contributed by atoms with Gasteiger partial charge in [-0.15, -0.1) is 0 Å². The molecule has 3 nitrogen and oxygen atoms in total. The van der Waals surface area contributed by atoms with E-state index in [1.165, 1.54) is 0 Å². The molecule has 0 aliphatic heterocycles. The molecule has 0 heterocycles. The predicted octanol–water partition coefficient (Wildman–Crippen LogP) is 1.80. The zero-order chi connectivity index (χ0) is 10.8. The summed E-state index contributed by atoms with van der Waals surface area (Å²) in [7, 11) is 0. The summed E-state index contributed by atoms with van der Waals surface area (Å²) in [6, 6.07) is 8.79. The third kappa shape index (κ3) is 1.93. The summed E-state index contributed by atoms with van der Waals surface area (Å²) in [6.07, 6.45) is 0. The van der Waals surface area contributed by atoms with E-state index in [0.29, 0.717) is 0 Å². The molecular weight excluding hydrogens is 178 g/mol. The number of hydrogen-bond acceptors (Lipinski definition) is 2.